The maximum absolute atomic E-state index is 14.2. The predicted octanol–water partition coefficient (Wildman–Crippen LogP) is 4.54. The maximum atomic E-state index is 14.2. The van der Waals surface area contributed by atoms with E-state index in [1.54, 1.807) is 23.8 Å². The van der Waals surface area contributed by atoms with Gasteiger partial charge in [0.2, 0.25) is 23.6 Å². The number of amides is 4. The SMILES string of the molecule is C/C(=C\C(C(C)C)N(C)C(=O)[C@@H](NC(=O)[C@H]1CCCCN1C(C)C)C(C)(C)C)C(=O)N1CCC[C@H]1C(=O)N1CCN(Cc2ccccc2)CC1. The number of piperidine rings is 1. The summed E-state index contributed by atoms with van der Waals surface area (Å²) in [6.07, 6.45) is 6.20. The molecule has 1 aromatic carbocycles. The van der Waals surface area contributed by atoms with Gasteiger partial charge in [0.05, 0.1) is 12.1 Å². The maximum Gasteiger partial charge on any atom is 0.249 e. The van der Waals surface area contributed by atoms with E-state index < -0.39 is 17.5 Å². The van der Waals surface area contributed by atoms with Gasteiger partial charge in [-0.25, -0.2) is 0 Å². The summed E-state index contributed by atoms with van der Waals surface area (Å²) in [7, 11) is 1.77. The van der Waals surface area contributed by atoms with Gasteiger partial charge < -0.3 is 20.0 Å². The molecule has 0 bridgehead atoms. The molecule has 0 aromatic heterocycles. The van der Waals surface area contributed by atoms with Gasteiger partial charge in [-0.15, -0.1) is 0 Å². The van der Waals surface area contributed by atoms with Crippen molar-refractivity contribution < 1.29 is 19.2 Å². The van der Waals surface area contributed by atoms with Crippen LogP contribution in [0.25, 0.3) is 0 Å². The number of carbonyl (C=O) groups is 4. The molecule has 278 valence electrons. The molecule has 4 rings (SSSR count). The molecule has 0 aliphatic carbocycles. The van der Waals surface area contributed by atoms with Crippen molar-refractivity contribution in [3.63, 3.8) is 0 Å². The van der Waals surface area contributed by atoms with Crippen molar-refractivity contribution in [1.29, 1.82) is 0 Å². The number of piperazine rings is 1. The van der Waals surface area contributed by atoms with Crippen LogP contribution >= 0.6 is 0 Å². The monoisotopic (exact) mass is 692 g/mol. The minimum Gasteiger partial charge on any atom is -0.342 e. The summed E-state index contributed by atoms with van der Waals surface area (Å²) in [5.41, 5.74) is 1.28. The molecule has 0 radical (unpaired) electrons. The number of hydrogen-bond acceptors (Lipinski definition) is 6. The van der Waals surface area contributed by atoms with E-state index in [0.717, 1.165) is 51.9 Å². The van der Waals surface area contributed by atoms with E-state index in [9.17, 15) is 19.2 Å². The van der Waals surface area contributed by atoms with Crippen LogP contribution in [-0.2, 0) is 25.7 Å². The highest BCUT2D eigenvalue weighted by atomic mass is 16.2. The Labute approximate surface area is 301 Å². The molecule has 3 aliphatic heterocycles. The van der Waals surface area contributed by atoms with Crippen LogP contribution in [0.15, 0.2) is 42.0 Å². The highest BCUT2D eigenvalue weighted by Gasteiger charge is 2.41. The van der Waals surface area contributed by atoms with Crippen molar-refractivity contribution in [3.05, 3.63) is 47.5 Å². The van der Waals surface area contributed by atoms with Crippen LogP contribution in [-0.4, -0.2) is 125 Å². The number of rotatable bonds is 11. The third kappa shape index (κ3) is 9.75. The summed E-state index contributed by atoms with van der Waals surface area (Å²) in [5, 5.41) is 3.16. The Balaban J connectivity index is 1.42. The second kappa shape index (κ2) is 17.3. The van der Waals surface area contributed by atoms with Crippen LogP contribution in [0.5, 0.6) is 0 Å². The summed E-state index contributed by atoms with van der Waals surface area (Å²) in [5.74, 6) is -0.365. The summed E-state index contributed by atoms with van der Waals surface area (Å²) >= 11 is 0. The number of carbonyl (C=O) groups excluding carboxylic acids is 4. The highest BCUT2D eigenvalue weighted by molar-refractivity contribution is 5.97. The molecule has 1 aromatic rings. The summed E-state index contributed by atoms with van der Waals surface area (Å²) < 4.78 is 0. The Kier molecular flexibility index (Phi) is 13.7. The van der Waals surface area contributed by atoms with Crippen LogP contribution in [0.3, 0.4) is 0 Å². The average molecular weight is 693 g/mol. The van der Waals surface area contributed by atoms with Crippen LogP contribution < -0.4 is 5.32 Å². The lowest BCUT2D eigenvalue weighted by Crippen LogP contribution is -2.60. The van der Waals surface area contributed by atoms with Gasteiger partial charge in [-0.1, -0.05) is 77.4 Å². The molecule has 4 amide bonds. The lowest BCUT2D eigenvalue weighted by atomic mass is 9.84. The third-order valence-corrected chi connectivity index (χ3v) is 10.9. The Morgan fingerprint density at radius 1 is 0.880 bits per heavy atom. The first-order valence-corrected chi connectivity index (χ1v) is 19.0. The Morgan fingerprint density at radius 3 is 2.12 bits per heavy atom. The number of likely N-dealkylation sites (N-methyl/N-ethyl adjacent to an activating group) is 1. The van der Waals surface area contributed by atoms with Gasteiger partial charge in [-0.2, -0.15) is 0 Å². The van der Waals surface area contributed by atoms with Crippen LogP contribution in [0.2, 0.25) is 0 Å². The average Bonchev–Trinajstić information content (AvgIpc) is 3.58. The zero-order chi connectivity index (χ0) is 36.7. The summed E-state index contributed by atoms with van der Waals surface area (Å²) in [6.45, 7) is 21.3. The fourth-order valence-corrected chi connectivity index (χ4v) is 7.84. The molecule has 50 heavy (non-hydrogen) atoms. The molecule has 10 nitrogen and oxygen atoms in total. The van der Waals surface area contributed by atoms with E-state index in [0.29, 0.717) is 31.6 Å². The van der Waals surface area contributed by atoms with Crippen LogP contribution in [0.1, 0.15) is 93.1 Å². The van der Waals surface area contributed by atoms with Gasteiger partial charge in [-0.3, -0.25) is 29.0 Å². The molecule has 10 heteroatoms. The molecule has 0 spiro atoms. The largest absolute Gasteiger partial charge is 0.342 e. The van der Waals surface area contributed by atoms with E-state index in [2.05, 4.69) is 53.2 Å². The Hall–Kier alpha value is -3.24. The summed E-state index contributed by atoms with van der Waals surface area (Å²) in [4.78, 5) is 65.6. The molecule has 4 atom stereocenters. The zero-order valence-electron chi connectivity index (χ0n) is 32.3. The summed E-state index contributed by atoms with van der Waals surface area (Å²) in [6, 6.07) is 8.83. The first-order valence-electron chi connectivity index (χ1n) is 19.0. The topological polar surface area (TPSA) is 96.5 Å². The van der Waals surface area contributed by atoms with Gasteiger partial charge >= 0.3 is 0 Å². The molecule has 1 N–H and O–H groups in total. The van der Waals surface area contributed by atoms with Crippen LogP contribution in [0, 0.1) is 11.3 Å². The first kappa shape index (κ1) is 39.5. The lowest BCUT2D eigenvalue weighted by molar-refractivity contribution is -0.143. The van der Waals surface area contributed by atoms with Gasteiger partial charge in [0.1, 0.15) is 12.1 Å². The number of benzene rings is 1. The predicted molar refractivity (Wildman–Crippen MR) is 199 cm³/mol. The Morgan fingerprint density at radius 2 is 1.52 bits per heavy atom. The van der Waals surface area contributed by atoms with Crippen molar-refractivity contribution in [1.82, 2.24) is 29.8 Å². The van der Waals surface area contributed by atoms with Crippen molar-refractivity contribution in [2.45, 2.75) is 124 Å². The second-order valence-electron chi connectivity index (χ2n) is 16.4. The van der Waals surface area contributed by atoms with Crippen molar-refractivity contribution in [2.24, 2.45) is 11.3 Å². The highest BCUT2D eigenvalue weighted by Crippen LogP contribution is 2.27. The third-order valence-electron chi connectivity index (χ3n) is 10.9. The fourth-order valence-electron chi connectivity index (χ4n) is 7.84. The van der Waals surface area contributed by atoms with Crippen molar-refractivity contribution in [3.8, 4) is 0 Å². The normalized spacial score (nSPS) is 22.5. The molecular weight excluding hydrogens is 628 g/mol. The first-order chi connectivity index (χ1) is 23.6. The molecule has 3 fully saturated rings. The van der Waals surface area contributed by atoms with Crippen molar-refractivity contribution in [2.75, 3.05) is 46.3 Å². The number of hydrogen-bond donors (Lipinski definition) is 1. The van der Waals surface area contributed by atoms with E-state index >= 15 is 0 Å². The van der Waals surface area contributed by atoms with E-state index in [4.69, 9.17) is 0 Å². The molecular formula is C40H64N6O4. The quantitative estimate of drug-likeness (QED) is 0.342. The number of nitrogens with one attached hydrogen (secondary N) is 1. The zero-order valence-corrected chi connectivity index (χ0v) is 32.3. The molecule has 3 heterocycles. The Bertz CT molecular complexity index is 1350. The molecule has 3 saturated heterocycles. The minimum absolute atomic E-state index is 0.0148. The lowest BCUT2D eigenvalue weighted by Gasteiger charge is -2.41. The van der Waals surface area contributed by atoms with Gasteiger partial charge in [-0.05, 0) is 69.9 Å². The standard InChI is InChI=1S/C40H64N6O4/c1-28(2)34(42(9)39(50)35(40(6,7)8)41-36(47)32-18-13-14-20-45(32)29(3)4)26-30(5)37(48)46-21-15-19-33(46)38(49)44-24-22-43(23-25-44)27-31-16-11-10-12-17-31/h10-12,16-17,26,28-29,32-35H,13-15,18-25,27H2,1-9H3,(H,41,47)/b30-26+/t32-,33+,34?,35-/m1/s1. The van der Waals surface area contributed by atoms with E-state index in [1.165, 1.54) is 5.56 Å². The van der Waals surface area contributed by atoms with Crippen molar-refractivity contribution >= 4 is 23.6 Å². The number of likely N-dealkylation sites (tertiary alicyclic amines) is 2. The number of nitrogens with zero attached hydrogens (tertiary/aromatic N) is 5. The minimum atomic E-state index is -0.727. The fraction of sp³-hybridized carbons (Fsp3) is 0.700. The molecule has 1 unspecified atom stereocenters. The van der Waals surface area contributed by atoms with Gasteiger partial charge in [0.15, 0.2) is 0 Å². The molecule has 3 aliphatic rings. The second-order valence-corrected chi connectivity index (χ2v) is 16.4. The van der Waals surface area contributed by atoms with Crippen LogP contribution in [0.4, 0.5) is 0 Å². The van der Waals surface area contributed by atoms with E-state index in [1.807, 2.05) is 51.7 Å². The van der Waals surface area contributed by atoms with Gasteiger partial charge in [0.25, 0.3) is 0 Å². The molecule has 0 saturated carbocycles. The van der Waals surface area contributed by atoms with E-state index in [-0.39, 0.29) is 47.7 Å². The van der Waals surface area contributed by atoms with Gasteiger partial charge in [0, 0.05) is 57.9 Å². The smallest absolute Gasteiger partial charge is 0.249 e.